The molecule has 1 aliphatic heterocycles. The van der Waals surface area contributed by atoms with Crippen LogP contribution in [-0.4, -0.2) is 26.0 Å². The monoisotopic (exact) mass is 418 g/mol. The summed E-state index contributed by atoms with van der Waals surface area (Å²) in [5.41, 5.74) is 1.76. The lowest BCUT2D eigenvalue weighted by molar-refractivity contribution is -0.120. The van der Waals surface area contributed by atoms with Crippen molar-refractivity contribution in [3.63, 3.8) is 0 Å². The van der Waals surface area contributed by atoms with Crippen LogP contribution >= 0.6 is 0 Å². The van der Waals surface area contributed by atoms with E-state index in [2.05, 4.69) is 5.32 Å². The maximum atomic E-state index is 13.4. The van der Waals surface area contributed by atoms with Gasteiger partial charge in [-0.15, -0.1) is 0 Å². The van der Waals surface area contributed by atoms with Crippen LogP contribution in [-0.2, 0) is 9.59 Å². The predicted octanol–water partition coefficient (Wildman–Crippen LogP) is 4.24. The fraction of sp³-hybridized carbons (Fsp3) is 0.0833. The largest absolute Gasteiger partial charge is 0.493 e. The Morgan fingerprint density at radius 2 is 1.48 bits per heavy atom. The molecular formula is C24H19FN2O4. The first-order valence-electron chi connectivity index (χ1n) is 9.46. The summed E-state index contributed by atoms with van der Waals surface area (Å²) >= 11 is 0. The Morgan fingerprint density at radius 1 is 0.806 bits per heavy atom. The summed E-state index contributed by atoms with van der Waals surface area (Å²) in [6.07, 6.45) is 0. The van der Waals surface area contributed by atoms with Gasteiger partial charge in [-0.05, 0) is 42.0 Å². The zero-order chi connectivity index (χ0) is 22.0. The van der Waals surface area contributed by atoms with E-state index in [1.165, 1.54) is 38.5 Å². The minimum absolute atomic E-state index is 0.109. The van der Waals surface area contributed by atoms with Gasteiger partial charge in [-0.2, -0.15) is 0 Å². The van der Waals surface area contributed by atoms with Crippen molar-refractivity contribution in [1.82, 2.24) is 0 Å². The van der Waals surface area contributed by atoms with E-state index < -0.39 is 17.6 Å². The van der Waals surface area contributed by atoms with Crippen molar-refractivity contribution >= 4 is 28.8 Å². The number of anilines is 2. The van der Waals surface area contributed by atoms with Gasteiger partial charge in [0.2, 0.25) is 0 Å². The Balaban J connectivity index is 1.80. The number of hydrogen-bond donors (Lipinski definition) is 1. The van der Waals surface area contributed by atoms with Crippen LogP contribution < -0.4 is 19.7 Å². The fourth-order valence-corrected chi connectivity index (χ4v) is 3.39. The summed E-state index contributed by atoms with van der Waals surface area (Å²) in [7, 11) is 2.98. The van der Waals surface area contributed by atoms with Crippen molar-refractivity contribution in [1.29, 1.82) is 0 Å². The number of hydrogen-bond acceptors (Lipinski definition) is 5. The Kier molecular flexibility index (Phi) is 5.41. The van der Waals surface area contributed by atoms with Gasteiger partial charge < -0.3 is 14.8 Å². The lowest BCUT2D eigenvalue weighted by Crippen LogP contribution is -2.32. The van der Waals surface area contributed by atoms with E-state index in [4.69, 9.17) is 9.47 Å². The molecule has 0 spiro atoms. The van der Waals surface area contributed by atoms with E-state index in [0.29, 0.717) is 28.4 Å². The van der Waals surface area contributed by atoms with Crippen molar-refractivity contribution in [2.75, 3.05) is 24.4 Å². The molecule has 0 saturated heterocycles. The maximum absolute atomic E-state index is 13.4. The van der Waals surface area contributed by atoms with E-state index in [9.17, 15) is 14.0 Å². The van der Waals surface area contributed by atoms with Crippen molar-refractivity contribution in [2.24, 2.45) is 0 Å². The second kappa shape index (κ2) is 8.31. The lowest BCUT2D eigenvalue weighted by atomic mass is 10.0. The number of halogens is 1. The highest BCUT2D eigenvalue weighted by Gasteiger charge is 2.40. The van der Waals surface area contributed by atoms with Crippen molar-refractivity contribution in [3.05, 3.63) is 89.9 Å². The van der Waals surface area contributed by atoms with Crippen molar-refractivity contribution in [3.8, 4) is 11.5 Å². The molecule has 1 N–H and O–H groups in total. The van der Waals surface area contributed by atoms with Gasteiger partial charge in [0.05, 0.1) is 25.5 Å². The lowest BCUT2D eigenvalue weighted by Gasteiger charge is -2.17. The Morgan fingerprint density at radius 3 is 2.13 bits per heavy atom. The number of benzene rings is 3. The second-order valence-corrected chi connectivity index (χ2v) is 6.73. The van der Waals surface area contributed by atoms with Crippen LogP contribution in [0.25, 0.3) is 5.57 Å². The molecule has 1 aliphatic rings. The zero-order valence-electron chi connectivity index (χ0n) is 16.9. The SMILES string of the molecule is COc1ccc(N2C(=O)C(Nc3ccc(F)cc3)=C(c3ccccc3)C2=O)cc1OC. The van der Waals surface area contributed by atoms with E-state index in [1.54, 1.807) is 42.5 Å². The Bertz CT molecular complexity index is 1170. The molecule has 0 bridgehead atoms. The quantitative estimate of drug-likeness (QED) is 0.607. The number of ether oxygens (including phenoxy) is 2. The van der Waals surface area contributed by atoms with Crippen LogP contribution in [0, 0.1) is 5.82 Å². The molecule has 3 aromatic rings. The van der Waals surface area contributed by atoms with Crippen LogP contribution in [0.5, 0.6) is 11.5 Å². The number of methoxy groups -OCH3 is 2. The number of nitrogens with zero attached hydrogens (tertiary/aromatic N) is 1. The summed E-state index contributed by atoms with van der Waals surface area (Å²) < 4.78 is 23.9. The average Bonchev–Trinajstić information content (AvgIpc) is 3.04. The molecule has 0 fully saturated rings. The molecule has 0 radical (unpaired) electrons. The van der Waals surface area contributed by atoms with Gasteiger partial charge in [-0.25, -0.2) is 9.29 Å². The standard InChI is InChI=1S/C24H19FN2O4/c1-30-19-13-12-18(14-20(19)31-2)27-23(28)21(15-6-4-3-5-7-15)22(24(27)29)26-17-10-8-16(25)9-11-17/h3-14,26H,1-2H3. The molecule has 0 unspecified atom stereocenters. The summed E-state index contributed by atoms with van der Waals surface area (Å²) in [5.74, 6) is -0.537. The van der Waals surface area contributed by atoms with Gasteiger partial charge in [-0.1, -0.05) is 30.3 Å². The number of rotatable bonds is 6. The van der Waals surface area contributed by atoms with Gasteiger partial charge in [0.15, 0.2) is 11.5 Å². The number of amides is 2. The molecule has 1 heterocycles. The second-order valence-electron chi connectivity index (χ2n) is 6.73. The van der Waals surface area contributed by atoms with Gasteiger partial charge >= 0.3 is 0 Å². The third-order valence-electron chi connectivity index (χ3n) is 4.89. The van der Waals surface area contributed by atoms with E-state index in [-0.39, 0.29) is 11.3 Å². The van der Waals surface area contributed by atoms with Gasteiger partial charge in [0.1, 0.15) is 11.5 Å². The number of nitrogens with one attached hydrogen (secondary N) is 1. The van der Waals surface area contributed by atoms with Crippen molar-refractivity contribution in [2.45, 2.75) is 0 Å². The van der Waals surface area contributed by atoms with Crippen LogP contribution in [0.4, 0.5) is 15.8 Å². The van der Waals surface area contributed by atoms with Gasteiger partial charge in [-0.3, -0.25) is 9.59 Å². The fourth-order valence-electron chi connectivity index (χ4n) is 3.39. The summed E-state index contributed by atoms with van der Waals surface area (Å²) in [6, 6.07) is 19.3. The first-order chi connectivity index (χ1) is 15.0. The zero-order valence-corrected chi connectivity index (χ0v) is 16.9. The van der Waals surface area contributed by atoms with Crippen LogP contribution in [0.3, 0.4) is 0 Å². The van der Waals surface area contributed by atoms with E-state index in [0.717, 1.165) is 4.90 Å². The molecule has 156 valence electrons. The van der Waals surface area contributed by atoms with Crippen LogP contribution in [0.1, 0.15) is 5.56 Å². The summed E-state index contributed by atoms with van der Waals surface area (Å²) in [4.78, 5) is 27.8. The number of imide groups is 1. The Hall–Kier alpha value is -4.13. The van der Waals surface area contributed by atoms with Crippen LogP contribution in [0.2, 0.25) is 0 Å². The molecule has 0 aliphatic carbocycles. The number of carbonyl (C=O) groups excluding carboxylic acids is 2. The topological polar surface area (TPSA) is 67.9 Å². The molecule has 7 heteroatoms. The first kappa shape index (κ1) is 20.2. The minimum atomic E-state index is -0.527. The average molecular weight is 418 g/mol. The maximum Gasteiger partial charge on any atom is 0.282 e. The first-order valence-corrected chi connectivity index (χ1v) is 9.46. The molecule has 0 atom stereocenters. The molecule has 3 aromatic carbocycles. The molecule has 4 rings (SSSR count). The molecular weight excluding hydrogens is 399 g/mol. The van der Waals surface area contributed by atoms with Crippen LogP contribution in [0.15, 0.2) is 78.5 Å². The summed E-state index contributed by atoms with van der Waals surface area (Å²) in [5, 5.41) is 2.99. The molecule has 0 aromatic heterocycles. The summed E-state index contributed by atoms with van der Waals surface area (Å²) in [6.45, 7) is 0. The molecule has 31 heavy (non-hydrogen) atoms. The minimum Gasteiger partial charge on any atom is -0.493 e. The van der Waals surface area contributed by atoms with Crippen molar-refractivity contribution < 1.29 is 23.5 Å². The normalized spacial score (nSPS) is 13.6. The highest BCUT2D eigenvalue weighted by atomic mass is 19.1. The smallest absolute Gasteiger partial charge is 0.282 e. The third-order valence-corrected chi connectivity index (χ3v) is 4.89. The number of carbonyl (C=O) groups is 2. The van der Waals surface area contributed by atoms with Gasteiger partial charge in [0, 0.05) is 11.8 Å². The molecule has 6 nitrogen and oxygen atoms in total. The van der Waals surface area contributed by atoms with E-state index >= 15 is 0 Å². The third kappa shape index (κ3) is 3.73. The molecule has 2 amide bonds. The van der Waals surface area contributed by atoms with E-state index in [1.807, 2.05) is 6.07 Å². The van der Waals surface area contributed by atoms with Gasteiger partial charge in [0.25, 0.3) is 11.8 Å². The molecule has 0 saturated carbocycles. The highest BCUT2D eigenvalue weighted by Crippen LogP contribution is 2.37. The Labute approximate surface area is 178 Å². The highest BCUT2D eigenvalue weighted by molar-refractivity contribution is 6.46. The predicted molar refractivity (Wildman–Crippen MR) is 115 cm³/mol.